The molecular formula is C17H31N3. The largest absolute Gasteiger partial charge is 0.319 e. The van der Waals surface area contributed by atoms with Gasteiger partial charge in [0, 0.05) is 5.69 Å². The van der Waals surface area contributed by atoms with Crippen LogP contribution < -0.4 is 5.32 Å². The molecule has 0 bridgehead atoms. The summed E-state index contributed by atoms with van der Waals surface area (Å²) in [5, 5.41) is 8.29. The van der Waals surface area contributed by atoms with Gasteiger partial charge in [-0.15, -0.1) is 0 Å². The second kappa shape index (κ2) is 7.82. The summed E-state index contributed by atoms with van der Waals surface area (Å²) in [4.78, 5) is 0. The van der Waals surface area contributed by atoms with E-state index in [4.69, 9.17) is 5.10 Å². The molecule has 1 fully saturated rings. The Kier molecular flexibility index (Phi) is 6.08. The standard InChI is InChI=1S/C17H31N3/c1-4-16-15(12-13-18-3)17(5-2)20(19-16)14-10-8-6-7-9-11-14/h14,18H,4-13H2,1-3H3. The number of hydrogen-bond donors (Lipinski definition) is 1. The molecule has 1 aromatic rings. The highest BCUT2D eigenvalue weighted by molar-refractivity contribution is 5.27. The first-order valence-corrected chi connectivity index (χ1v) is 8.55. The normalized spacial score (nSPS) is 17.4. The lowest BCUT2D eigenvalue weighted by Crippen LogP contribution is -2.15. The van der Waals surface area contributed by atoms with Crippen molar-refractivity contribution < 1.29 is 0 Å². The van der Waals surface area contributed by atoms with Crippen molar-refractivity contribution >= 4 is 0 Å². The van der Waals surface area contributed by atoms with E-state index in [0.29, 0.717) is 6.04 Å². The van der Waals surface area contributed by atoms with E-state index in [-0.39, 0.29) is 0 Å². The van der Waals surface area contributed by atoms with Crippen molar-refractivity contribution in [2.45, 2.75) is 77.7 Å². The first-order valence-electron chi connectivity index (χ1n) is 8.55. The Morgan fingerprint density at radius 2 is 1.80 bits per heavy atom. The van der Waals surface area contributed by atoms with Crippen LogP contribution >= 0.6 is 0 Å². The van der Waals surface area contributed by atoms with Gasteiger partial charge in [0.25, 0.3) is 0 Å². The first-order chi connectivity index (χ1) is 9.81. The van der Waals surface area contributed by atoms with Gasteiger partial charge in [0.1, 0.15) is 0 Å². The van der Waals surface area contributed by atoms with Crippen molar-refractivity contribution in [3.63, 3.8) is 0 Å². The van der Waals surface area contributed by atoms with Crippen LogP contribution in [0.2, 0.25) is 0 Å². The number of rotatable bonds is 6. The highest BCUT2D eigenvalue weighted by Crippen LogP contribution is 2.30. The lowest BCUT2D eigenvalue weighted by Gasteiger charge is -2.18. The van der Waals surface area contributed by atoms with Crippen LogP contribution in [0, 0.1) is 0 Å². The molecule has 20 heavy (non-hydrogen) atoms. The predicted octanol–water partition coefficient (Wildman–Crippen LogP) is 3.67. The van der Waals surface area contributed by atoms with Crippen LogP contribution in [0.1, 0.15) is 75.4 Å². The van der Waals surface area contributed by atoms with Gasteiger partial charge in [0.15, 0.2) is 0 Å². The Morgan fingerprint density at radius 1 is 1.10 bits per heavy atom. The predicted molar refractivity (Wildman–Crippen MR) is 85.4 cm³/mol. The molecule has 1 aliphatic carbocycles. The molecule has 1 heterocycles. The minimum atomic E-state index is 0.654. The second-order valence-electron chi connectivity index (χ2n) is 6.02. The smallest absolute Gasteiger partial charge is 0.0657 e. The van der Waals surface area contributed by atoms with Gasteiger partial charge < -0.3 is 5.32 Å². The van der Waals surface area contributed by atoms with E-state index < -0.39 is 0 Å². The highest BCUT2D eigenvalue weighted by Gasteiger charge is 2.21. The first kappa shape index (κ1) is 15.6. The molecule has 1 aromatic heterocycles. The van der Waals surface area contributed by atoms with E-state index in [2.05, 4.69) is 23.8 Å². The summed E-state index contributed by atoms with van der Waals surface area (Å²) < 4.78 is 2.41. The Labute approximate surface area is 124 Å². The zero-order chi connectivity index (χ0) is 14.4. The van der Waals surface area contributed by atoms with Crippen LogP contribution in [0.3, 0.4) is 0 Å². The molecule has 0 unspecified atom stereocenters. The van der Waals surface area contributed by atoms with Crippen LogP contribution in [-0.2, 0) is 19.3 Å². The van der Waals surface area contributed by atoms with Crippen molar-refractivity contribution in [2.24, 2.45) is 0 Å². The third-order valence-corrected chi connectivity index (χ3v) is 4.67. The fourth-order valence-corrected chi connectivity index (χ4v) is 3.56. The van der Waals surface area contributed by atoms with Crippen molar-refractivity contribution in [2.75, 3.05) is 13.6 Å². The number of aromatic nitrogens is 2. The van der Waals surface area contributed by atoms with Gasteiger partial charge in [0.05, 0.1) is 11.7 Å². The molecule has 0 radical (unpaired) electrons. The third-order valence-electron chi connectivity index (χ3n) is 4.67. The second-order valence-corrected chi connectivity index (χ2v) is 6.02. The molecule has 0 aliphatic heterocycles. The summed E-state index contributed by atoms with van der Waals surface area (Å²) in [5.74, 6) is 0. The van der Waals surface area contributed by atoms with Gasteiger partial charge in [-0.1, -0.05) is 39.5 Å². The van der Waals surface area contributed by atoms with Crippen molar-refractivity contribution in [1.82, 2.24) is 15.1 Å². The number of likely N-dealkylation sites (N-methyl/N-ethyl adjacent to an activating group) is 1. The van der Waals surface area contributed by atoms with Gasteiger partial charge in [-0.3, -0.25) is 4.68 Å². The molecule has 1 aliphatic rings. The number of aryl methyl sites for hydroxylation is 1. The summed E-state index contributed by atoms with van der Waals surface area (Å²) in [6.45, 7) is 5.57. The van der Waals surface area contributed by atoms with Crippen molar-refractivity contribution in [3.05, 3.63) is 17.0 Å². The van der Waals surface area contributed by atoms with Gasteiger partial charge >= 0.3 is 0 Å². The molecule has 0 spiro atoms. The summed E-state index contributed by atoms with van der Waals surface area (Å²) in [6.07, 6.45) is 11.5. The van der Waals surface area contributed by atoms with Crippen molar-refractivity contribution in [1.29, 1.82) is 0 Å². The molecule has 3 heteroatoms. The minimum absolute atomic E-state index is 0.654. The lowest BCUT2D eigenvalue weighted by molar-refractivity contribution is 0.392. The summed E-state index contributed by atoms with van der Waals surface area (Å²) in [5.41, 5.74) is 4.36. The Morgan fingerprint density at radius 3 is 2.35 bits per heavy atom. The molecule has 114 valence electrons. The Bertz CT molecular complexity index is 401. The van der Waals surface area contributed by atoms with E-state index in [1.165, 1.54) is 55.5 Å². The van der Waals surface area contributed by atoms with Gasteiger partial charge in [-0.25, -0.2) is 0 Å². The molecule has 2 rings (SSSR count). The van der Waals surface area contributed by atoms with Gasteiger partial charge in [-0.2, -0.15) is 5.10 Å². The Balaban J connectivity index is 2.28. The molecule has 1 saturated carbocycles. The topological polar surface area (TPSA) is 29.9 Å². The molecule has 3 nitrogen and oxygen atoms in total. The quantitative estimate of drug-likeness (QED) is 0.804. The van der Waals surface area contributed by atoms with Gasteiger partial charge in [-0.05, 0) is 51.3 Å². The van der Waals surface area contributed by atoms with E-state index in [9.17, 15) is 0 Å². The maximum atomic E-state index is 5.01. The number of nitrogens with zero attached hydrogens (tertiary/aromatic N) is 2. The van der Waals surface area contributed by atoms with Gasteiger partial charge in [0.2, 0.25) is 0 Å². The molecule has 0 atom stereocenters. The van der Waals surface area contributed by atoms with Crippen LogP contribution in [0.15, 0.2) is 0 Å². The fraction of sp³-hybridized carbons (Fsp3) is 0.824. The van der Waals surface area contributed by atoms with E-state index in [1.54, 1.807) is 0 Å². The molecule has 1 N–H and O–H groups in total. The monoisotopic (exact) mass is 277 g/mol. The van der Waals surface area contributed by atoms with E-state index in [1.807, 2.05) is 7.05 Å². The van der Waals surface area contributed by atoms with Crippen LogP contribution in [-0.4, -0.2) is 23.4 Å². The maximum absolute atomic E-state index is 5.01. The molecule has 0 amide bonds. The van der Waals surface area contributed by atoms with Crippen LogP contribution in [0.25, 0.3) is 0 Å². The van der Waals surface area contributed by atoms with Crippen LogP contribution in [0.5, 0.6) is 0 Å². The lowest BCUT2D eigenvalue weighted by atomic mass is 10.0. The minimum Gasteiger partial charge on any atom is -0.319 e. The number of hydrogen-bond acceptors (Lipinski definition) is 2. The molecular weight excluding hydrogens is 246 g/mol. The summed E-state index contributed by atoms with van der Waals surface area (Å²) >= 11 is 0. The SMILES string of the molecule is CCc1nn(C2CCCCCC2)c(CC)c1CCNC. The average Bonchev–Trinajstić information content (AvgIpc) is 2.64. The number of nitrogens with one attached hydrogen (secondary N) is 1. The Hall–Kier alpha value is -0.830. The van der Waals surface area contributed by atoms with Crippen molar-refractivity contribution in [3.8, 4) is 0 Å². The van der Waals surface area contributed by atoms with Crippen LogP contribution in [0.4, 0.5) is 0 Å². The fourth-order valence-electron chi connectivity index (χ4n) is 3.56. The van der Waals surface area contributed by atoms with E-state index in [0.717, 1.165) is 25.8 Å². The maximum Gasteiger partial charge on any atom is 0.0657 e. The highest BCUT2D eigenvalue weighted by atomic mass is 15.3. The molecule has 0 saturated heterocycles. The zero-order valence-corrected chi connectivity index (χ0v) is 13.5. The molecule has 0 aromatic carbocycles. The zero-order valence-electron chi connectivity index (χ0n) is 13.5. The summed E-state index contributed by atoms with van der Waals surface area (Å²) in [6, 6.07) is 0.654. The summed E-state index contributed by atoms with van der Waals surface area (Å²) in [7, 11) is 2.03. The third kappa shape index (κ3) is 3.43. The van der Waals surface area contributed by atoms with E-state index >= 15 is 0 Å². The average molecular weight is 277 g/mol.